The number of likely N-dealkylation sites (tertiary alicyclic amines) is 1. The quantitative estimate of drug-likeness (QED) is 0.642. The third-order valence-corrected chi connectivity index (χ3v) is 5.43. The van der Waals surface area contributed by atoms with Crippen molar-refractivity contribution in [1.82, 2.24) is 20.2 Å². The number of methoxy groups -OCH3 is 1. The summed E-state index contributed by atoms with van der Waals surface area (Å²) >= 11 is 0. The van der Waals surface area contributed by atoms with Crippen molar-refractivity contribution in [2.75, 3.05) is 20.2 Å². The van der Waals surface area contributed by atoms with Gasteiger partial charge in [0.1, 0.15) is 5.75 Å². The molecule has 6 nitrogen and oxygen atoms in total. The van der Waals surface area contributed by atoms with Crippen LogP contribution in [0.2, 0.25) is 0 Å². The molecule has 1 fully saturated rings. The number of H-pyrrole nitrogens is 1. The second-order valence-corrected chi connectivity index (χ2v) is 7.53. The number of piperidine rings is 1. The number of benzene rings is 2. The minimum absolute atomic E-state index is 0.0909. The first-order valence-corrected chi connectivity index (χ1v) is 9.96. The van der Waals surface area contributed by atoms with Crippen LogP contribution in [-0.2, 0) is 6.54 Å². The molecule has 0 atom stereocenters. The Morgan fingerprint density at radius 2 is 2.07 bits per heavy atom. The van der Waals surface area contributed by atoms with Gasteiger partial charge in [0.15, 0.2) is 5.82 Å². The van der Waals surface area contributed by atoms with Gasteiger partial charge in [-0.1, -0.05) is 12.1 Å². The van der Waals surface area contributed by atoms with Crippen LogP contribution in [0.25, 0.3) is 11.0 Å². The van der Waals surface area contributed by atoms with Crippen molar-refractivity contribution in [3.63, 3.8) is 0 Å². The Kier molecular flexibility index (Phi) is 5.94. The van der Waals surface area contributed by atoms with E-state index in [1.54, 1.807) is 25.3 Å². The maximum atomic E-state index is 12.8. The molecule has 2 N–H and O–H groups in total. The molecule has 1 aliphatic rings. The van der Waals surface area contributed by atoms with E-state index in [9.17, 15) is 13.6 Å². The Morgan fingerprint density at radius 3 is 2.80 bits per heavy atom. The van der Waals surface area contributed by atoms with E-state index in [2.05, 4.69) is 26.3 Å². The molecule has 1 aliphatic heterocycles. The van der Waals surface area contributed by atoms with Crippen molar-refractivity contribution in [2.45, 2.75) is 31.9 Å². The smallest absolute Gasteiger partial charge is 0.295 e. The fourth-order valence-corrected chi connectivity index (χ4v) is 3.81. The maximum absolute atomic E-state index is 12.8. The molecule has 1 aromatic heterocycles. The fraction of sp³-hybridized carbons (Fsp3) is 0.364. The lowest BCUT2D eigenvalue weighted by molar-refractivity contribution is 0.0909. The standard InChI is InChI=1S/C22H24F2N4O2/c1-30-17-4-2-3-14(11-17)13-28-9-7-16(8-10-28)25-22(29)15-5-6-18-19(12-15)27-21(26-18)20(23)24/h2-6,11-12,16,20H,7-10,13H2,1H3,(H,25,29)(H,26,27). The Hall–Kier alpha value is -3.00. The molecular weight excluding hydrogens is 390 g/mol. The van der Waals surface area contributed by atoms with Gasteiger partial charge in [-0.25, -0.2) is 13.8 Å². The average Bonchev–Trinajstić information content (AvgIpc) is 3.19. The zero-order chi connectivity index (χ0) is 21.1. The number of nitrogens with zero attached hydrogens (tertiary/aromatic N) is 2. The van der Waals surface area contributed by atoms with Crippen molar-refractivity contribution in [1.29, 1.82) is 0 Å². The minimum atomic E-state index is -2.67. The van der Waals surface area contributed by atoms with Crippen LogP contribution >= 0.6 is 0 Å². The van der Waals surface area contributed by atoms with Crippen LogP contribution in [0.3, 0.4) is 0 Å². The number of ether oxygens (including phenoxy) is 1. The third kappa shape index (κ3) is 4.59. The zero-order valence-electron chi connectivity index (χ0n) is 16.7. The molecule has 158 valence electrons. The number of fused-ring (bicyclic) bond motifs is 1. The number of halogens is 2. The number of amides is 1. The van der Waals surface area contributed by atoms with Crippen LogP contribution < -0.4 is 10.1 Å². The van der Waals surface area contributed by atoms with E-state index in [4.69, 9.17) is 4.74 Å². The first-order chi connectivity index (χ1) is 14.5. The second-order valence-electron chi connectivity index (χ2n) is 7.53. The number of aromatic amines is 1. The van der Waals surface area contributed by atoms with Gasteiger partial charge >= 0.3 is 0 Å². The highest BCUT2D eigenvalue weighted by molar-refractivity contribution is 5.97. The molecule has 0 saturated carbocycles. The SMILES string of the molecule is COc1cccc(CN2CCC(NC(=O)c3ccc4nc(C(F)F)[nH]c4c3)CC2)c1. The zero-order valence-corrected chi connectivity index (χ0v) is 16.7. The van der Waals surface area contributed by atoms with Crippen LogP contribution in [0, 0.1) is 0 Å². The molecule has 30 heavy (non-hydrogen) atoms. The summed E-state index contributed by atoms with van der Waals surface area (Å²) in [5, 5.41) is 3.06. The van der Waals surface area contributed by atoms with E-state index in [1.807, 2.05) is 18.2 Å². The monoisotopic (exact) mass is 414 g/mol. The highest BCUT2D eigenvalue weighted by Crippen LogP contribution is 2.21. The lowest BCUT2D eigenvalue weighted by Crippen LogP contribution is -2.44. The van der Waals surface area contributed by atoms with Crippen LogP contribution in [0.4, 0.5) is 8.78 Å². The average molecular weight is 414 g/mol. The van der Waals surface area contributed by atoms with E-state index >= 15 is 0 Å². The van der Waals surface area contributed by atoms with E-state index in [0.29, 0.717) is 16.6 Å². The van der Waals surface area contributed by atoms with E-state index in [0.717, 1.165) is 38.2 Å². The predicted molar refractivity (Wildman–Crippen MR) is 110 cm³/mol. The number of imidazole rings is 1. The lowest BCUT2D eigenvalue weighted by atomic mass is 10.0. The number of carbonyl (C=O) groups is 1. The number of aromatic nitrogens is 2. The van der Waals surface area contributed by atoms with Gasteiger partial charge in [-0.2, -0.15) is 0 Å². The van der Waals surface area contributed by atoms with Crippen molar-refractivity contribution in [3.05, 3.63) is 59.4 Å². The molecule has 1 saturated heterocycles. The van der Waals surface area contributed by atoms with Gasteiger partial charge in [0.25, 0.3) is 12.3 Å². The third-order valence-electron chi connectivity index (χ3n) is 5.43. The molecular formula is C22H24F2N4O2. The minimum Gasteiger partial charge on any atom is -0.497 e. The molecule has 0 radical (unpaired) electrons. The van der Waals surface area contributed by atoms with Gasteiger partial charge in [0.2, 0.25) is 0 Å². The molecule has 0 bridgehead atoms. The van der Waals surface area contributed by atoms with E-state index in [1.165, 1.54) is 5.56 Å². The highest BCUT2D eigenvalue weighted by Gasteiger charge is 2.22. The Morgan fingerprint density at radius 1 is 1.27 bits per heavy atom. The van der Waals surface area contributed by atoms with Gasteiger partial charge in [0, 0.05) is 31.2 Å². The number of hydrogen-bond acceptors (Lipinski definition) is 4. The molecule has 2 heterocycles. The normalized spacial score (nSPS) is 15.6. The van der Waals surface area contributed by atoms with Crippen molar-refractivity contribution >= 4 is 16.9 Å². The molecule has 3 aromatic rings. The van der Waals surface area contributed by atoms with Crippen molar-refractivity contribution in [2.24, 2.45) is 0 Å². The van der Waals surface area contributed by atoms with Gasteiger partial charge in [0.05, 0.1) is 18.1 Å². The van der Waals surface area contributed by atoms with E-state index < -0.39 is 6.43 Å². The van der Waals surface area contributed by atoms with Crippen molar-refractivity contribution in [3.8, 4) is 5.75 Å². The summed E-state index contributed by atoms with van der Waals surface area (Å²) in [5.41, 5.74) is 2.50. The Bertz CT molecular complexity index is 1030. The predicted octanol–water partition coefficient (Wildman–Crippen LogP) is 3.90. The number of carbonyl (C=O) groups excluding carboxylic acids is 1. The molecule has 0 spiro atoms. The second kappa shape index (κ2) is 8.79. The van der Waals surface area contributed by atoms with Crippen LogP contribution in [0.5, 0.6) is 5.75 Å². The van der Waals surface area contributed by atoms with Crippen LogP contribution in [0.15, 0.2) is 42.5 Å². The summed E-state index contributed by atoms with van der Waals surface area (Å²) in [4.78, 5) is 21.4. The Labute approximate surface area is 173 Å². The molecule has 4 rings (SSSR count). The summed E-state index contributed by atoms with van der Waals surface area (Å²) in [7, 11) is 1.66. The Balaban J connectivity index is 1.32. The first-order valence-electron chi connectivity index (χ1n) is 9.96. The van der Waals surface area contributed by atoms with Gasteiger partial charge in [-0.15, -0.1) is 0 Å². The molecule has 0 unspecified atom stereocenters. The topological polar surface area (TPSA) is 70.2 Å². The first kappa shape index (κ1) is 20.3. The number of hydrogen-bond donors (Lipinski definition) is 2. The molecule has 2 aromatic carbocycles. The van der Waals surface area contributed by atoms with Gasteiger partial charge in [-0.05, 0) is 48.7 Å². The van der Waals surface area contributed by atoms with Crippen molar-refractivity contribution < 1.29 is 18.3 Å². The molecule has 1 amide bonds. The fourth-order valence-electron chi connectivity index (χ4n) is 3.81. The highest BCUT2D eigenvalue weighted by atomic mass is 19.3. The summed E-state index contributed by atoms with van der Waals surface area (Å²) in [5.74, 6) is 0.270. The van der Waals surface area contributed by atoms with Gasteiger partial charge in [-0.3, -0.25) is 9.69 Å². The van der Waals surface area contributed by atoms with E-state index in [-0.39, 0.29) is 17.8 Å². The summed E-state index contributed by atoms with van der Waals surface area (Å²) in [6.45, 7) is 2.62. The van der Waals surface area contributed by atoms with Crippen LogP contribution in [0.1, 0.15) is 41.0 Å². The molecule has 8 heteroatoms. The number of nitrogens with one attached hydrogen (secondary N) is 2. The number of alkyl halides is 2. The van der Waals surface area contributed by atoms with Gasteiger partial charge < -0.3 is 15.0 Å². The van der Waals surface area contributed by atoms with Crippen LogP contribution in [-0.4, -0.2) is 47.0 Å². The summed E-state index contributed by atoms with van der Waals surface area (Å²) in [6, 6.07) is 12.9. The largest absolute Gasteiger partial charge is 0.497 e. The maximum Gasteiger partial charge on any atom is 0.295 e. The molecule has 0 aliphatic carbocycles. The lowest BCUT2D eigenvalue weighted by Gasteiger charge is -2.32. The number of rotatable bonds is 6. The summed E-state index contributed by atoms with van der Waals surface area (Å²) < 4.78 is 30.9. The summed E-state index contributed by atoms with van der Waals surface area (Å²) in [6.07, 6.45) is -0.952.